The molecule has 0 saturated heterocycles. The van der Waals surface area contributed by atoms with Crippen molar-refractivity contribution in [1.82, 2.24) is 19.3 Å². The summed E-state index contributed by atoms with van der Waals surface area (Å²) in [6, 6.07) is 20.7. The first kappa shape index (κ1) is 23.0. The number of aromatic nitrogens is 4. The van der Waals surface area contributed by atoms with Crippen LogP contribution in [0, 0.1) is 6.92 Å². The fourth-order valence-corrected chi connectivity index (χ4v) is 4.12. The number of para-hydroxylation sites is 2. The number of rotatable bonds is 6. The molecule has 0 aliphatic carbocycles. The van der Waals surface area contributed by atoms with Crippen molar-refractivity contribution in [2.75, 3.05) is 6.61 Å². The highest BCUT2D eigenvalue weighted by atomic mass is 16.5. The van der Waals surface area contributed by atoms with Gasteiger partial charge in [-0.1, -0.05) is 53.7 Å². The molecule has 2 aromatic heterocycles. The fraction of sp³-hybridized carbons (Fsp3) is 0.148. The predicted molar refractivity (Wildman–Crippen MR) is 133 cm³/mol. The molecule has 0 fully saturated rings. The fourth-order valence-electron chi connectivity index (χ4n) is 4.12. The van der Waals surface area contributed by atoms with Gasteiger partial charge >= 0.3 is 11.7 Å². The summed E-state index contributed by atoms with van der Waals surface area (Å²) in [4.78, 5) is 44.3. The first-order valence-corrected chi connectivity index (χ1v) is 11.4. The molecule has 0 saturated carbocycles. The maximum absolute atomic E-state index is 13.8. The van der Waals surface area contributed by atoms with Crippen molar-refractivity contribution in [3.05, 3.63) is 111 Å². The van der Waals surface area contributed by atoms with E-state index < -0.39 is 17.2 Å². The number of carbonyl (C=O) groups is 1. The summed E-state index contributed by atoms with van der Waals surface area (Å²) in [5.41, 5.74) is 1.26. The Balaban J connectivity index is 1.68. The zero-order chi connectivity index (χ0) is 25.2. The second kappa shape index (κ2) is 9.46. The number of nitrogens with zero attached hydrogens (tertiary/aromatic N) is 4. The average Bonchev–Trinajstić information content (AvgIpc) is 3.36. The van der Waals surface area contributed by atoms with E-state index in [9.17, 15) is 14.4 Å². The van der Waals surface area contributed by atoms with Gasteiger partial charge in [0, 0.05) is 5.56 Å². The summed E-state index contributed by atoms with van der Waals surface area (Å²) in [6.07, 6.45) is 0. The van der Waals surface area contributed by atoms with Crippen LogP contribution in [0.1, 0.15) is 28.7 Å². The SMILES string of the molecule is CCOC(=O)c1ccccc1-n1c(=O)c2ccccc2n(Cc2nc(-c3ccccc3C)no2)c1=O. The number of esters is 1. The highest BCUT2D eigenvalue weighted by Crippen LogP contribution is 2.21. The molecule has 0 aliphatic rings. The van der Waals surface area contributed by atoms with E-state index in [0.29, 0.717) is 16.7 Å². The van der Waals surface area contributed by atoms with Crippen LogP contribution in [0.5, 0.6) is 0 Å². The molecule has 5 aromatic rings. The van der Waals surface area contributed by atoms with E-state index in [1.165, 1.54) is 16.7 Å². The Kier molecular flexibility index (Phi) is 6.03. The number of hydrogen-bond acceptors (Lipinski definition) is 7. The molecular formula is C27H22N4O5. The van der Waals surface area contributed by atoms with Gasteiger partial charge in [-0.05, 0) is 43.7 Å². The zero-order valence-corrected chi connectivity index (χ0v) is 19.7. The molecular weight excluding hydrogens is 460 g/mol. The standard InChI is InChI=1S/C27H22N4O5/c1-3-35-26(33)20-13-7-9-15-22(20)31-25(32)19-12-6-8-14-21(19)30(27(31)34)16-23-28-24(29-36-23)18-11-5-4-10-17(18)2/h4-15H,3,16H2,1-2H3. The van der Waals surface area contributed by atoms with E-state index in [-0.39, 0.29) is 30.3 Å². The molecule has 0 aliphatic heterocycles. The summed E-state index contributed by atoms with van der Waals surface area (Å²) in [6.45, 7) is 3.72. The summed E-state index contributed by atoms with van der Waals surface area (Å²) in [7, 11) is 0. The van der Waals surface area contributed by atoms with Gasteiger partial charge in [0.25, 0.3) is 5.56 Å². The Bertz CT molecular complexity index is 1710. The van der Waals surface area contributed by atoms with Crippen LogP contribution < -0.4 is 11.2 Å². The lowest BCUT2D eigenvalue weighted by Crippen LogP contribution is -2.40. The van der Waals surface area contributed by atoms with Crippen LogP contribution >= 0.6 is 0 Å². The lowest BCUT2D eigenvalue weighted by Gasteiger charge is -2.15. The van der Waals surface area contributed by atoms with Gasteiger partial charge in [0.15, 0.2) is 0 Å². The van der Waals surface area contributed by atoms with Gasteiger partial charge in [-0.25, -0.2) is 14.2 Å². The van der Waals surface area contributed by atoms with Gasteiger partial charge in [0.1, 0.15) is 6.54 Å². The molecule has 3 aromatic carbocycles. The van der Waals surface area contributed by atoms with Crippen LogP contribution in [-0.2, 0) is 11.3 Å². The number of carbonyl (C=O) groups excluding carboxylic acids is 1. The van der Waals surface area contributed by atoms with Crippen molar-refractivity contribution in [1.29, 1.82) is 0 Å². The van der Waals surface area contributed by atoms with Crippen LogP contribution in [0.15, 0.2) is 86.9 Å². The van der Waals surface area contributed by atoms with Gasteiger partial charge < -0.3 is 9.26 Å². The third-order valence-corrected chi connectivity index (χ3v) is 5.84. The van der Waals surface area contributed by atoms with Crippen molar-refractivity contribution in [3.63, 3.8) is 0 Å². The molecule has 0 spiro atoms. The molecule has 0 amide bonds. The molecule has 0 bridgehead atoms. The lowest BCUT2D eigenvalue weighted by atomic mass is 10.1. The van der Waals surface area contributed by atoms with Crippen LogP contribution in [0.4, 0.5) is 0 Å². The highest BCUT2D eigenvalue weighted by molar-refractivity contribution is 5.93. The van der Waals surface area contributed by atoms with Crippen molar-refractivity contribution in [2.24, 2.45) is 0 Å². The predicted octanol–water partition coefficient (Wildman–Crippen LogP) is 3.74. The van der Waals surface area contributed by atoms with Gasteiger partial charge in [0.2, 0.25) is 11.7 Å². The topological polar surface area (TPSA) is 109 Å². The first-order chi connectivity index (χ1) is 17.5. The molecule has 0 atom stereocenters. The molecule has 36 heavy (non-hydrogen) atoms. The summed E-state index contributed by atoms with van der Waals surface area (Å²) in [5.74, 6) is -0.0234. The third-order valence-electron chi connectivity index (χ3n) is 5.84. The lowest BCUT2D eigenvalue weighted by molar-refractivity contribution is 0.0526. The van der Waals surface area contributed by atoms with E-state index in [1.54, 1.807) is 43.3 Å². The normalized spacial score (nSPS) is 11.1. The molecule has 2 heterocycles. The number of hydrogen-bond donors (Lipinski definition) is 0. The van der Waals surface area contributed by atoms with Crippen molar-refractivity contribution in [3.8, 4) is 17.1 Å². The number of benzene rings is 3. The molecule has 9 nitrogen and oxygen atoms in total. The van der Waals surface area contributed by atoms with Gasteiger partial charge in [-0.3, -0.25) is 9.36 Å². The van der Waals surface area contributed by atoms with E-state index in [1.807, 2.05) is 31.2 Å². The van der Waals surface area contributed by atoms with Crippen LogP contribution in [0.2, 0.25) is 0 Å². The second-order valence-corrected chi connectivity index (χ2v) is 8.09. The van der Waals surface area contributed by atoms with E-state index in [4.69, 9.17) is 9.26 Å². The van der Waals surface area contributed by atoms with Gasteiger partial charge in [-0.15, -0.1) is 0 Å². The Labute approximate surface area is 205 Å². The maximum Gasteiger partial charge on any atom is 0.340 e. The molecule has 5 rings (SSSR count). The maximum atomic E-state index is 13.8. The number of aryl methyl sites for hydroxylation is 1. The zero-order valence-electron chi connectivity index (χ0n) is 19.7. The van der Waals surface area contributed by atoms with Crippen molar-refractivity contribution >= 4 is 16.9 Å². The van der Waals surface area contributed by atoms with E-state index in [0.717, 1.165) is 15.7 Å². The monoisotopic (exact) mass is 482 g/mol. The summed E-state index contributed by atoms with van der Waals surface area (Å²) >= 11 is 0. The van der Waals surface area contributed by atoms with Crippen LogP contribution in [0.3, 0.4) is 0 Å². The number of fused-ring (bicyclic) bond motifs is 1. The van der Waals surface area contributed by atoms with Crippen molar-refractivity contribution in [2.45, 2.75) is 20.4 Å². The largest absolute Gasteiger partial charge is 0.462 e. The summed E-state index contributed by atoms with van der Waals surface area (Å²) in [5, 5.41) is 4.38. The first-order valence-electron chi connectivity index (χ1n) is 11.4. The minimum absolute atomic E-state index is 0.0694. The Hall–Kier alpha value is -4.79. The van der Waals surface area contributed by atoms with Gasteiger partial charge in [0.05, 0.1) is 28.8 Å². The molecule has 0 radical (unpaired) electrons. The molecule has 0 N–H and O–H groups in total. The third kappa shape index (κ3) is 4.00. The smallest absolute Gasteiger partial charge is 0.340 e. The Morgan fingerprint density at radius 3 is 2.50 bits per heavy atom. The Morgan fingerprint density at radius 1 is 0.972 bits per heavy atom. The van der Waals surface area contributed by atoms with Crippen LogP contribution in [0.25, 0.3) is 28.0 Å². The number of ether oxygens (including phenoxy) is 1. The van der Waals surface area contributed by atoms with Crippen LogP contribution in [-0.4, -0.2) is 31.9 Å². The average molecular weight is 482 g/mol. The molecule has 0 unspecified atom stereocenters. The molecule has 9 heteroatoms. The van der Waals surface area contributed by atoms with E-state index in [2.05, 4.69) is 10.1 Å². The summed E-state index contributed by atoms with van der Waals surface area (Å²) < 4.78 is 13.0. The Morgan fingerprint density at radius 2 is 1.69 bits per heavy atom. The minimum Gasteiger partial charge on any atom is -0.462 e. The van der Waals surface area contributed by atoms with E-state index >= 15 is 0 Å². The second-order valence-electron chi connectivity index (χ2n) is 8.09. The van der Waals surface area contributed by atoms with Gasteiger partial charge in [-0.2, -0.15) is 4.98 Å². The molecule has 180 valence electrons. The highest BCUT2D eigenvalue weighted by Gasteiger charge is 2.21. The quantitative estimate of drug-likeness (QED) is 0.339. The van der Waals surface area contributed by atoms with Crippen molar-refractivity contribution < 1.29 is 14.1 Å². The minimum atomic E-state index is -0.647.